The number of nitrogens with one attached hydrogen (secondary N) is 2. The molecule has 4 heteroatoms. The molecule has 2 rings (SSSR count). The smallest absolute Gasteiger partial charge is 0.315 e. The first kappa shape index (κ1) is 14.6. The molecule has 1 aliphatic heterocycles. The van der Waals surface area contributed by atoms with Crippen LogP contribution in [0.1, 0.15) is 57.8 Å². The molecule has 2 fully saturated rings. The summed E-state index contributed by atoms with van der Waals surface area (Å²) in [5, 5.41) is 5.96. The van der Waals surface area contributed by atoms with E-state index in [9.17, 15) is 4.79 Å². The summed E-state index contributed by atoms with van der Waals surface area (Å²) in [6.07, 6.45) is 11.3. The zero-order valence-corrected chi connectivity index (χ0v) is 12.1. The van der Waals surface area contributed by atoms with Gasteiger partial charge >= 0.3 is 6.03 Å². The van der Waals surface area contributed by atoms with Gasteiger partial charge in [0.15, 0.2) is 0 Å². The second kappa shape index (κ2) is 8.41. The lowest BCUT2D eigenvalue weighted by Crippen LogP contribution is -2.45. The van der Waals surface area contributed by atoms with Gasteiger partial charge in [0.05, 0.1) is 0 Å². The summed E-state index contributed by atoms with van der Waals surface area (Å²) in [4.78, 5) is 14.1. The lowest BCUT2D eigenvalue weighted by molar-refractivity contribution is 0.222. The molecule has 19 heavy (non-hydrogen) atoms. The van der Waals surface area contributed by atoms with Crippen molar-refractivity contribution in [2.24, 2.45) is 0 Å². The third-order valence-corrected chi connectivity index (χ3v) is 4.33. The number of hydrogen-bond donors (Lipinski definition) is 2. The number of piperidine rings is 1. The molecule has 0 unspecified atom stereocenters. The van der Waals surface area contributed by atoms with Gasteiger partial charge in [-0.15, -0.1) is 0 Å². The molecule has 0 radical (unpaired) electrons. The highest BCUT2D eigenvalue weighted by Gasteiger charge is 2.18. The van der Waals surface area contributed by atoms with Crippen LogP contribution >= 0.6 is 0 Å². The van der Waals surface area contributed by atoms with Crippen molar-refractivity contribution in [3.8, 4) is 0 Å². The molecule has 2 N–H and O–H groups in total. The molecule has 1 aliphatic carbocycles. The average molecular weight is 267 g/mol. The van der Waals surface area contributed by atoms with Crippen molar-refractivity contribution >= 4 is 6.03 Å². The van der Waals surface area contributed by atoms with Gasteiger partial charge in [0.2, 0.25) is 0 Å². The molecule has 4 nitrogen and oxygen atoms in total. The van der Waals surface area contributed by atoms with E-state index in [1.54, 1.807) is 0 Å². The quantitative estimate of drug-likeness (QED) is 0.696. The van der Waals surface area contributed by atoms with E-state index in [4.69, 9.17) is 0 Å². The second-order valence-electron chi connectivity index (χ2n) is 5.99. The Morgan fingerprint density at radius 3 is 2.47 bits per heavy atom. The largest absolute Gasteiger partial charge is 0.338 e. The lowest BCUT2D eigenvalue weighted by atomic mass is 9.93. The number of unbranched alkanes of at least 4 members (excludes halogenated alkanes) is 2. The number of rotatable bonds is 7. The molecule has 0 bridgehead atoms. The molecule has 2 amide bonds. The summed E-state index contributed by atoms with van der Waals surface area (Å²) in [7, 11) is 0. The van der Waals surface area contributed by atoms with Crippen LogP contribution in [0.25, 0.3) is 0 Å². The molecule has 0 aromatic rings. The molecule has 1 saturated heterocycles. The van der Waals surface area contributed by atoms with Crippen molar-refractivity contribution in [3.63, 3.8) is 0 Å². The highest BCUT2D eigenvalue weighted by Crippen LogP contribution is 2.17. The minimum absolute atomic E-state index is 0.0285. The number of carbonyl (C=O) groups excluding carboxylic acids is 1. The van der Waals surface area contributed by atoms with Gasteiger partial charge in [-0.3, -0.25) is 0 Å². The third-order valence-electron chi connectivity index (χ3n) is 4.33. The number of amides is 2. The Labute approximate surface area is 117 Å². The molecule has 0 atom stereocenters. The van der Waals surface area contributed by atoms with Crippen LogP contribution in [-0.2, 0) is 0 Å². The Morgan fingerprint density at radius 2 is 1.79 bits per heavy atom. The summed E-state index contributed by atoms with van der Waals surface area (Å²) < 4.78 is 0. The summed E-state index contributed by atoms with van der Waals surface area (Å²) >= 11 is 0. The predicted molar refractivity (Wildman–Crippen MR) is 78.3 cm³/mol. The number of likely N-dealkylation sites (tertiary alicyclic amines) is 1. The van der Waals surface area contributed by atoms with Crippen molar-refractivity contribution < 1.29 is 4.79 Å². The van der Waals surface area contributed by atoms with Gasteiger partial charge < -0.3 is 15.5 Å². The van der Waals surface area contributed by atoms with Gasteiger partial charge in [-0.25, -0.2) is 4.79 Å². The van der Waals surface area contributed by atoms with Crippen LogP contribution in [0.4, 0.5) is 4.79 Å². The van der Waals surface area contributed by atoms with Crippen LogP contribution in [0.5, 0.6) is 0 Å². The van der Waals surface area contributed by atoms with Crippen LogP contribution in [0, 0.1) is 0 Å². The van der Waals surface area contributed by atoms with E-state index in [0.29, 0.717) is 6.04 Å². The molecule has 1 heterocycles. The maximum atomic E-state index is 11.5. The van der Waals surface area contributed by atoms with Crippen molar-refractivity contribution in [2.45, 2.75) is 63.8 Å². The monoisotopic (exact) mass is 267 g/mol. The Morgan fingerprint density at radius 1 is 1.00 bits per heavy atom. The van der Waals surface area contributed by atoms with Crippen LogP contribution < -0.4 is 10.6 Å². The van der Waals surface area contributed by atoms with E-state index in [1.165, 1.54) is 58.2 Å². The molecule has 1 saturated carbocycles. The first-order valence-corrected chi connectivity index (χ1v) is 8.11. The van der Waals surface area contributed by atoms with Gasteiger partial charge in [-0.05, 0) is 64.6 Å². The predicted octanol–water partition coefficient (Wildman–Crippen LogP) is 2.49. The lowest BCUT2D eigenvalue weighted by Gasteiger charge is -2.26. The number of hydrogen-bond acceptors (Lipinski definition) is 2. The molecule has 0 aromatic carbocycles. The summed E-state index contributed by atoms with van der Waals surface area (Å²) in [5.41, 5.74) is 0. The first-order valence-electron chi connectivity index (χ1n) is 8.11. The minimum atomic E-state index is 0.0285. The van der Waals surface area contributed by atoms with Crippen molar-refractivity contribution in [3.05, 3.63) is 0 Å². The molecule has 0 aromatic heterocycles. The van der Waals surface area contributed by atoms with E-state index in [0.717, 1.165) is 25.8 Å². The number of carbonyl (C=O) groups is 1. The van der Waals surface area contributed by atoms with Gasteiger partial charge in [0, 0.05) is 12.6 Å². The normalized spacial score (nSPS) is 20.8. The summed E-state index contributed by atoms with van der Waals surface area (Å²) in [6.45, 7) is 4.65. The number of nitrogens with zero attached hydrogens (tertiary/aromatic N) is 1. The van der Waals surface area contributed by atoms with Crippen LogP contribution in [-0.4, -0.2) is 43.2 Å². The minimum Gasteiger partial charge on any atom is -0.338 e. The highest BCUT2D eigenvalue weighted by molar-refractivity contribution is 5.74. The van der Waals surface area contributed by atoms with Gasteiger partial charge in [0.25, 0.3) is 0 Å². The van der Waals surface area contributed by atoms with Gasteiger partial charge in [-0.1, -0.05) is 12.8 Å². The van der Waals surface area contributed by atoms with E-state index in [1.807, 2.05) is 0 Å². The van der Waals surface area contributed by atoms with Crippen molar-refractivity contribution in [2.75, 3.05) is 26.2 Å². The average Bonchev–Trinajstić information content (AvgIpc) is 2.39. The third kappa shape index (κ3) is 5.81. The van der Waals surface area contributed by atoms with E-state index in [-0.39, 0.29) is 6.03 Å². The Bertz CT molecular complexity index is 260. The van der Waals surface area contributed by atoms with Crippen molar-refractivity contribution in [1.29, 1.82) is 0 Å². The zero-order chi connectivity index (χ0) is 13.3. The van der Waals surface area contributed by atoms with E-state index < -0.39 is 0 Å². The molecular weight excluding hydrogens is 238 g/mol. The van der Waals surface area contributed by atoms with Crippen LogP contribution in [0.15, 0.2) is 0 Å². The van der Waals surface area contributed by atoms with Crippen LogP contribution in [0.2, 0.25) is 0 Å². The Balaban J connectivity index is 1.38. The highest BCUT2D eigenvalue weighted by atomic mass is 16.2. The standard InChI is InChI=1S/C15H29N3O/c19-15(17-14-8-7-9-14)16-10-3-1-4-11-18-12-5-2-6-13-18/h14H,1-13H2,(H2,16,17,19). The second-order valence-corrected chi connectivity index (χ2v) is 5.99. The topological polar surface area (TPSA) is 44.4 Å². The summed E-state index contributed by atoms with van der Waals surface area (Å²) in [5.74, 6) is 0. The molecular formula is C15H29N3O. The van der Waals surface area contributed by atoms with E-state index >= 15 is 0 Å². The van der Waals surface area contributed by atoms with Crippen molar-refractivity contribution in [1.82, 2.24) is 15.5 Å². The fourth-order valence-corrected chi connectivity index (χ4v) is 2.81. The SMILES string of the molecule is O=C(NCCCCCN1CCCCC1)NC1CCC1. The van der Waals surface area contributed by atoms with Crippen LogP contribution in [0.3, 0.4) is 0 Å². The number of urea groups is 1. The summed E-state index contributed by atoms with van der Waals surface area (Å²) in [6, 6.07) is 0.472. The fraction of sp³-hybridized carbons (Fsp3) is 0.933. The Hall–Kier alpha value is -0.770. The zero-order valence-electron chi connectivity index (χ0n) is 12.1. The molecule has 2 aliphatic rings. The maximum Gasteiger partial charge on any atom is 0.315 e. The molecule has 0 spiro atoms. The first-order chi connectivity index (χ1) is 9.34. The molecule has 110 valence electrons. The Kier molecular flexibility index (Phi) is 6.48. The van der Waals surface area contributed by atoms with Gasteiger partial charge in [-0.2, -0.15) is 0 Å². The maximum absolute atomic E-state index is 11.5. The fourth-order valence-electron chi connectivity index (χ4n) is 2.81. The van der Waals surface area contributed by atoms with Gasteiger partial charge in [0.1, 0.15) is 0 Å². The van der Waals surface area contributed by atoms with E-state index in [2.05, 4.69) is 15.5 Å².